The Hall–Kier alpha value is -1.85. The largest absolute Gasteiger partial charge is 0.455 e. The molecule has 0 aliphatic carbocycles. The first kappa shape index (κ1) is 13.2. The van der Waals surface area contributed by atoms with E-state index < -0.39 is 5.97 Å². The number of ether oxygens (including phenoxy) is 1. The monoisotopic (exact) mass is 202 g/mol. The molecular weight excluding hydrogens is 188 g/mol. The number of rotatable bonds is 5. The molecule has 0 fully saturated rings. The molecule has 0 spiro atoms. The van der Waals surface area contributed by atoms with E-state index in [1.165, 1.54) is 0 Å². The SMILES string of the molecule is C#CCCCCC#CC(=O)OCCC#C. The number of carbonyl (C=O) groups is 1. The summed E-state index contributed by atoms with van der Waals surface area (Å²) in [6, 6.07) is 0. The highest BCUT2D eigenvalue weighted by Crippen LogP contribution is 1.96. The minimum atomic E-state index is -0.512. The smallest absolute Gasteiger partial charge is 0.384 e. The van der Waals surface area contributed by atoms with Crippen molar-refractivity contribution in [2.45, 2.75) is 32.1 Å². The summed E-state index contributed by atoms with van der Waals surface area (Å²) in [4.78, 5) is 10.9. The molecule has 78 valence electrons. The van der Waals surface area contributed by atoms with Crippen molar-refractivity contribution in [3.05, 3.63) is 0 Å². The van der Waals surface area contributed by atoms with E-state index in [0.717, 1.165) is 19.3 Å². The molecule has 0 atom stereocenters. The van der Waals surface area contributed by atoms with Crippen LogP contribution in [0.2, 0.25) is 0 Å². The molecular formula is C13H14O2. The van der Waals surface area contributed by atoms with E-state index in [-0.39, 0.29) is 6.61 Å². The van der Waals surface area contributed by atoms with Gasteiger partial charge in [0.15, 0.2) is 0 Å². The van der Waals surface area contributed by atoms with Crippen molar-refractivity contribution in [1.82, 2.24) is 0 Å². The predicted octanol–water partition coefficient (Wildman–Crippen LogP) is 1.75. The number of esters is 1. The Morgan fingerprint density at radius 2 is 1.73 bits per heavy atom. The highest BCUT2D eigenvalue weighted by molar-refractivity contribution is 5.88. The first-order chi connectivity index (χ1) is 7.31. The van der Waals surface area contributed by atoms with E-state index in [0.29, 0.717) is 12.8 Å². The van der Waals surface area contributed by atoms with Gasteiger partial charge >= 0.3 is 5.97 Å². The van der Waals surface area contributed by atoms with Gasteiger partial charge in [-0.25, -0.2) is 4.79 Å². The van der Waals surface area contributed by atoms with Crippen LogP contribution in [0.1, 0.15) is 32.1 Å². The quantitative estimate of drug-likeness (QED) is 0.294. The van der Waals surface area contributed by atoms with Crippen LogP contribution in [0.4, 0.5) is 0 Å². The van der Waals surface area contributed by atoms with Gasteiger partial charge in [0.05, 0.1) is 0 Å². The van der Waals surface area contributed by atoms with Gasteiger partial charge in [0.25, 0.3) is 0 Å². The summed E-state index contributed by atoms with van der Waals surface area (Å²) >= 11 is 0. The summed E-state index contributed by atoms with van der Waals surface area (Å²) in [5.74, 6) is 9.51. The van der Waals surface area contributed by atoms with Crippen LogP contribution in [-0.4, -0.2) is 12.6 Å². The molecule has 0 N–H and O–H groups in total. The van der Waals surface area contributed by atoms with Crippen molar-refractivity contribution in [3.8, 4) is 36.5 Å². The lowest BCUT2D eigenvalue weighted by molar-refractivity contribution is -0.136. The average Bonchev–Trinajstić information content (AvgIpc) is 2.23. The van der Waals surface area contributed by atoms with Gasteiger partial charge in [-0.2, -0.15) is 0 Å². The number of terminal acetylenes is 2. The average molecular weight is 202 g/mol. The molecule has 0 aromatic carbocycles. The number of hydrogen-bond donors (Lipinski definition) is 0. The molecule has 0 rings (SSSR count). The van der Waals surface area contributed by atoms with Crippen molar-refractivity contribution in [1.29, 1.82) is 0 Å². The zero-order chi connectivity index (χ0) is 11.4. The Morgan fingerprint density at radius 3 is 2.40 bits per heavy atom. The molecule has 0 heterocycles. The standard InChI is InChI=1S/C13H14O2/c1-3-5-7-8-9-10-11-13(14)15-12-6-4-2/h1-2H,5-9,12H2. The molecule has 2 nitrogen and oxygen atoms in total. The van der Waals surface area contributed by atoms with Crippen LogP contribution in [0.3, 0.4) is 0 Å². The Morgan fingerprint density at radius 1 is 1.07 bits per heavy atom. The zero-order valence-electron chi connectivity index (χ0n) is 8.71. The maximum Gasteiger partial charge on any atom is 0.384 e. The number of carbonyl (C=O) groups excluding carboxylic acids is 1. The van der Waals surface area contributed by atoms with Crippen molar-refractivity contribution in [2.75, 3.05) is 6.61 Å². The third-order valence-electron chi connectivity index (χ3n) is 1.54. The fourth-order valence-corrected chi connectivity index (χ4v) is 0.814. The van der Waals surface area contributed by atoms with Gasteiger partial charge < -0.3 is 4.74 Å². The second kappa shape index (κ2) is 10.2. The van der Waals surface area contributed by atoms with Crippen LogP contribution in [0.25, 0.3) is 0 Å². The lowest BCUT2D eigenvalue weighted by atomic mass is 10.2. The molecule has 0 unspecified atom stereocenters. The number of hydrogen-bond acceptors (Lipinski definition) is 2. The molecule has 0 saturated carbocycles. The third kappa shape index (κ3) is 10.1. The van der Waals surface area contributed by atoms with E-state index in [1.807, 2.05) is 0 Å². The Bertz CT molecular complexity index is 317. The lowest BCUT2D eigenvalue weighted by Crippen LogP contribution is -2.01. The molecule has 0 bridgehead atoms. The fraction of sp³-hybridized carbons (Fsp3) is 0.462. The van der Waals surface area contributed by atoms with Gasteiger partial charge in [0.2, 0.25) is 0 Å². The van der Waals surface area contributed by atoms with Crippen LogP contribution < -0.4 is 0 Å². The minimum absolute atomic E-state index is 0.237. The lowest BCUT2D eigenvalue weighted by Gasteiger charge is -1.94. The second-order valence-electron chi connectivity index (χ2n) is 2.80. The third-order valence-corrected chi connectivity index (χ3v) is 1.54. The van der Waals surface area contributed by atoms with Gasteiger partial charge in [-0.3, -0.25) is 0 Å². The van der Waals surface area contributed by atoms with Crippen LogP contribution in [0, 0.1) is 36.5 Å². The van der Waals surface area contributed by atoms with Gasteiger partial charge in [0.1, 0.15) is 6.61 Å². The Labute approximate surface area is 91.4 Å². The molecule has 0 amide bonds. The summed E-state index contributed by atoms with van der Waals surface area (Å²) in [5.41, 5.74) is 0. The highest BCUT2D eigenvalue weighted by Gasteiger charge is 1.93. The molecule has 0 radical (unpaired) electrons. The van der Waals surface area contributed by atoms with Gasteiger partial charge in [-0.05, 0) is 12.8 Å². The molecule has 0 aliphatic rings. The summed E-state index contributed by atoms with van der Waals surface area (Å²) in [6.07, 6.45) is 13.8. The van der Waals surface area contributed by atoms with Crippen molar-refractivity contribution in [2.24, 2.45) is 0 Å². The fourth-order valence-electron chi connectivity index (χ4n) is 0.814. The van der Waals surface area contributed by atoms with E-state index in [1.54, 1.807) is 0 Å². The van der Waals surface area contributed by atoms with Gasteiger partial charge in [-0.1, -0.05) is 5.92 Å². The van der Waals surface area contributed by atoms with Gasteiger partial charge in [0, 0.05) is 25.2 Å². The Balaban J connectivity index is 3.47. The highest BCUT2D eigenvalue weighted by atomic mass is 16.5. The summed E-state index contributed by atoms with van der Waals surface area (Å²) in [5, 5.41) is 0. The maximum atomic E-state index is 10.9. The van der Waals surface area contributed by atoms with Crippen LogP contribution in [0.15, 0.2) is 0 Å². The number of unbranched alkanes of at least 4 members (excludes halogenated alkanes) is 3. The first-order valence-electron chi connectivity index (χ1n) is 4.83. The van der Waals surface area contributed by atoms with Crippen molar-refractivity contribution < 1.29 is 9.53 Å². The van der Waals surface area contributed by atoms with E-state index >= 15 is 0 Å². The molecule has 0 saturated heterocycles. The predicted molar refractivity (Wildman–Crippen MR) is 59.5 cm³/mol. The second-order valence-corrected chi connectivity index (χ2v) is 2.80. The normalized spacial score (nSPS) is 7.87. The summed E-state index contributed by atoms with van der Waals surface area (Å²) < 4.78 is 4.72. The molecule has 0 aliphatic heterocycles. The Kier molecular flexibility index (Phi) is 8.97. The first-order valence-corrected chi connectivity index (χ1v) is 4.83. The zero-order valence-corrected chi connectivity index (χ0v) is 8.71. The minimum Gasteiger partial charge on any atom is -0.455 e. The maximum absolute atomic E-state index is 10.9. The van der Waals surface area contributed by atoms with Gasteiger partial charge in [-0.15, -0.1) is 24.7 Å². The molecule has 0 aromatic heterocycles. The van der Waals surface area contributed by atoms with Crippen LogP contribution in [-0.2, 0) is 9.53 Å². The topological polar surface area (TPSA) is 26.3 Å². The molecule has 0 aromatic rings. The van der Waals surface area contributed by atoms with E-state index in [9.17, 15) is 4.79 Å². The van der Waals surface area contributed by atoms with Crippen LogP contribution >= 0.6 is 0 Å². The van der Waals surface area contributed by atoms with Crippen molar-refractivity contribution in [3.63, 3.8) is 0 Å². The van der Waals surface area contributed by atoms with Crippen molar-refractivity contribution >= 4 is 5.97 Å². The molecule has 2 heteroatoms. The van der Waals surface area contributed by atoms with E-state index in [2.05, 4.69) is 23.7 Å². The van der Waals surface area contributed by atoms with E-state index in [4.69, 9.17) is 17.6 Å². The van der Waals surface area contributed by atoms with Crippen LogP contribution in [0.5, 0.6) is 0 Å². The summed E-state index contributed by atoms with van der Waals surface area (Å²) in [7, 11) is 0. The molecule has 15 heavy (non-hydrogen) atoms. The summed E-state index contributed by atoms with van der Waals surface area (Å²) in [6.45, 7) is 0.237.